The highest BCUT2D eigenvalue weighted by molar-refractivity contribution is 7.59. The summed E-state index contributed by atoms with van der Waals surface area (Å²) in [7, 11) is -3.08. The molecule has 1 heterocycles. The van der Waals surface area contributed by atoms with Gasteiger partial charge in [0.25, 0.3) is 0 Å². The molecule has 1 aliphatic heterocycles. The van der Waals surface area contributed by atoms with E-state index in [1.807, 2.05) is 24.3 Å². The molecule has 80 valence electrons. The summed E-state index contributed by atoms with van der Waals surface area (Å²) in [6.45, 7) is 3.95. The standard InChI is InChI=1S/C11H13O3P/c1-3-13-15(12)9(2)8-10-6-4-5-7-11(10)14-15/h4-8H,3H2,1-2H3. The van der Waals surface area contributed by atoms with E-state index in [-0.39, 0.29) is 0 Å². The predicted molar refractivity (Wildman–Crippen MR) is 60.0 cm³/mol. The van der Waals surface area contributed by atoms with Gasteiger partial charge >= 0.3 is 7.60 Å². The Bertz CT molecular complexity index is 451. The van der Waals surface area contributed by atoms with E-state index in [2.05, 4.69) is 0 Å². The van der Waals surface area contributed by atoms with Crippen LogP contribution in [0.1, 0.15) is 19.4 Å². The van der Waals surface area contributed by atoms with E-state index in [0.717, 1.165) is 5.56 Å². The Morgan fingerprint density at radius 3 is 2.87 bits per heavy atom. The van der Waals surface area contributed by atoms with Gasteiger partial charge in [-0.05, 0) is 26.0 Å². The number of fused-ring (bicyclic) bond motifs is 1. The normalized spacial score (nSPS) is 24.0. The quantitative estimate of drug-likeness (QED) is 0.719. The summed E-state index contributed by atoms with van der Waals surface area (Å²) >= 11 is 0. The highest BCUT2D eigenvalue weighted by Gasteiger charge is 2.32. The zero-order chi connectivity index (χ0) is 10.9. The Morgan fingerprint density at radius 1 is 1.40 bits per heavy atom. The summed E-state index contributed by atoms with van der Waals surface area (Å²) in [5.74, 6) is 0.625. The third-order valence-corrected chi connectivity index (χ3v) is 4.26. The molecule has 0 saturated carbocycles. The molecular formula is C11H13O3P. The molecule has 0 aromatic heterocycles. The van der Waals surface area contributed by atoms with E-state index in [9.17, 15) is 4.57 Å². The highest BCUT2D eigenvalue weighted by Crippen LogP contribution is 2.59. The number of allylic oxidation sites excluding steroid dienone is 1. The summed E-state index contributed by atoms with van der Waals surface area (Å²) in [6, 6.07) is 7.49. The van der Waals surface area contributed by atoms with Crippen molar-refractivity contribution in [3.05, 3.63) is 35.1 Å². The molecule has 0 radical (unpaired) electrons. The molecule has 2 rings (SSSR count). The minimum absolute atomic E-state index is 0.380. The SMILES string of the molecule is CCOP1(=O)Oc2ccccc2C=C1C. The van der Waals surface area contributed by atoms with Crippen LogP contribution < -0.4 is 4.52 Å². The van der Waals surface area contributed by atoms with Crippen molar-refractivity contribution >= 4 is 13.7 Å². The van der Waals surface area contributed by atoms with Crippen molar-refractivity contribution in [1.82, 2.24) is 0 Å². The lowest BCUT2D eigenvalue weighted by Gasteiger charge is -2.24. The largest absolute Gasteiger partial charge is 0.421 e. The van der Waals surface area contributed by atoms with Crippen LogP contribution in [0.15, 0.2) is 29.6 Å². The smallest absolute Gasteiger partial charge is 0.406 e. The van der Waals surface area contributed by atoms with Crippen molar-refractivity contribution in [3.8, 4) is 5.75 Å². The molecule has 3 nitrogen and oxygen atoms in total. The van der Waals surface area contributed by atoms with E-state index in [1.165, 1.54) is 0 Å². The molecular weight excluding hydrogens is 211 g/mol. The second-order valence-electron chi connectivity index (χ2n) is 3.33. The van der Waals surface area contributed by atoms with Gasteiger partial charge in [0.1, 0.15) is 5.75 Å². The Balaban J connectivity index is 2.44. The predicted octanol–water partition coefficient (Wildman–Crippen LogP) is 3.67. The molecule has 0 N–H and O–H groups in total. The third-order valence-electron chi connectivity index (χ3n) is 2.23. The zero-order valence-electron chi connectivity index (χ0n) is 8.77. The molecule has 0 spiro atoms. The van der Waals surface area contributed by atoms with Crippen LogP contribution in [0.2, 0.25) is 0 Å². The fraction of sp³-hybridized carbons (Fsp3) is 0.273. The Morgan fingerprint density at radius 2 is 2.13 bits per heavy atom. The fourth-order valence-electron chi connectivity index (χ4n) is 1.49. The van der Waals surface area contributed by atoms with Crippen molar-refractivity contribution in [1.29, 1.82) is 0 Å². The molecule has 0 aliphatic carbocycles. The minimum Gasteiger partial charge on any atom is -0.421 e. The Kier molecular flexibility index (Phi) is 2.68. The van der Waals surface area contributed by atoms with Gasteiger partial charge in [-0.3, -0.25) is 4.52 Å². The molecule has 1 aliphatic rings. The topological polar surface area (TPSA) is 35.5 Å². The van der Waals surface area contributed by atoms with Gasteiger partial charge in [0.15, 0.2) is 0 Å². The summed E-state index contributed by atoms with van der Waals surface area (Å²) in [6.07, 6.45) is 1.86. The Labute approximate surface area is 89.3 Å². The average molecular weight is 224 g/mol. The van der Waals surface area contributed by atoms with Gasteiger partial charge in [-0.2, -0.15) is 0 Å². The van der Waals surface area contributed by atoms with Crippen LogP contribution in [0.4, 0.5) is 0 Å². The minimum atomic E-state index is -3.08. The Hall–Kier alpha value is -1.05. The molecule has 0 amide bonds. The molecule has 1 aromatic rings. The summed E-state index contributed by atoms with van der Waals surface area (Å²) in [4.78, 5) is 0. The first-order chi connectivity index (χ1) is 7.15. The van der Waals surface area contributed by atoms with Crippen molar-refractivity contribution < 1.29 is 13.6 Å². The number of benzene rings is 1. The summed E-state index contributed by atoms with van der Waals surface area (Å²) in [5, 5.41) is 0.656. The van der Waals surface area contributed by atoms with Crippen LogP contribution in [-0.4, -0.2) is 6.61 Å². The van der Waals surface area contributed by atoms with Crippen molar-refractivity contribution in [3.63, 3.8) is 0 Å². The highest BCUT2D eigenvalue weighted by atomic mass is 31.2. The maximum absolute atomic E-state index is 12.2. The van der Waals surface area contributed by atoms with E-state index < -0.39 is 7.60 Å². The zero-order valence-corrected chi connectivity index (χ0v) is 9.66. The second-order valence-corrected chi connectivity index (χ2v) is 5.47. The number of hydrogen-bond donors (Lipinski definition) is 0. The number of para-hydroxylation sites is 1. The van der Waals surface area contributed by atoms with Crippen LogP contribution >= 0.6 is 7.60 Å². The monoisotopic (exact) mass is 224 g/mol. The third kappa shape index (κ3) is 1.85. The van der Waals surface area contributed by atoms with E-state index in [4.69, 9.17) is 9.05 Å². The van der Waals surface area contributed by atoms with Gasteiger partial charge < -0.3 is 4.52 Å². The number of rotatable bonds is 2. The van der Waals surface area contributed by atoms with Crippen LogP contribution in [0.3, 0.4) is 0 Å². The van der Waals surface area contributed by atoms with E-state index in [1.54, 1.807) is 19.9 Å². The van der Waals surface area contributed by atoms with Gasteiger partial charge in [0, 0.05) is 5.56 Å². The van der Waals surface area contributed by atoms with Crippen LogP contribution in [0.25, 0.3) is 6.08 Å². The molecule has 1 unspecified atom stereocenters. The summed E-state index contributed by atoms with van der Waals surface area (Å²) in [5.41, 5.74) is 0.946. The van der Waals surface area contributed by atoms with Crippen LogP contribution in [0, 0.1) is 0 Å². The van der Waals surface area contributed by atoms with Crippen LogP contribution in [0.5, 0.6) is 5.75 Å². The maximum Gasteiger partial charge on any atom is 0.406 e. The molecule has 0 saturated heterocycles. The molecule has 1 atom stereocenters. The molecule has 4 heteroatoms. The fourth-order valence-corrected chi connectivity index (χ4v) is 2.95. The van der Waals surface area contributed by atoms with Gasteiger partial charge in [-0.15, -0.1) is 0 Å². The lowest BCUT2D eigenvalue weighted by Crippen LogP contribution is -2.04. The first-order valence-corrected chi connectivity index (χ1v) is 6.42. The molecule has 15 heavy (non-hydrogen) atoms. The molecule has 0 bridgehead atoms. The maximum atomic E-state index is 12.2. The number of hydrogen-bond acceptors (Lipinski definition) is 3. The van der Waals surface area contributed by atoms with Gasteiger partial charge in [0.2, 0.25) is 0 Å². The first-order valence-electron chi connectivity index (χ1n) is 4.88. The molecule has 1 aromatic carbocycles. The van der Waals surface area contributed by atoms with Gasteiger partial charge in [-0.1, -0.05) is 18.2 Å². The van der Waals surface area contributed by atoms with Crippen molar-refractivity contribution in [2.75, 3.05) is 6.61 Å². The molecule has 0 fully saturated rings. The van der Waals surface area contributed by atoms with E-state index in [0.29, 0.717) is 17.7 Å². The first kappa shape index (κ1) is 10.5. The van der Waals surface area contributed by atoms with Gasteiger partial charge in [0.05, 0.1) is 11.9 Å². The lowest BCUT2D eigenvalue weighted by atomic mass is 10.2. The van der Waals surface area contributed by atoms with Crippen LogP contribution in [-0.2, 0) is 9.09 Å². The lowest BCUT2D eigenvalue weighted by molar-refractivity contribution is 0.284. The van der Waals surface area contributed by atoms with Crippen molar-refractivity contribution in [2.24, 2.45) is 0 Å². The summed E-state index contributed by atoms with van der Waals surface area (Å²) < 4.78 is 22.9. The van der Waals surface area contributed by atoms with Gasteiger partial charge in [-0.25, -0.2) is 4.57 Å². The average Bonchev–Trinajstić information content (AvgIpc) is 2.20. The second kappa shape index (κ2) is 3.84. The van der Waals surface area contributed by atoms with Crippen molar-refractivity contribution in [2.45, 2.75) is 13.8 Å². The van der Waals surface area contributed by atoms with E-state index >= 15 is 0 Å².